The van der Waals surface area contributed by atoms with Gasteiger partial charge in [-0.25, -0.2) is 0 Å². The first-order chi connectivity index (χ1) is 10.6. The van der Waals surface area contributed by atoms with Crippen molar-refractivity contribution in [3.05, 3.63) is 22.7 Å². The third-order valence-electron chi connectivity index (χ3n) is 3.87. The fraction of sp³-hybridized carbons (Fsp3) is 0.562. The van der Waals surface area contributed by atoms with Gasteiger partial charge in [0.25, 0.3) is 5.91 Å². The lowest BCUT2D eigenvalue weighted by molar-refractivity contribution is 0.0760. The average Bonchev–Trinajstić information content (AvgIpc) is 2.75. The molecule has 1 saturated heterocycles. The van der Waals surface area contributed by atoms with Gasteiger partial charge < -0.3 is 15.4 Å². The van der Waals surface area contributed by atoms with Crippen LogP contribution >= 0.6 is 23.4 Å². The Balaban J connectivity index is 2.24. The molecule has 1 aliphatic heterocycles. The van der Waals surface area contributed by atoms with Crippen LogP contribution in [0.3, 0.4) is 0 Å². The molecule has 6 heteroatoms. The number of carbonyl (C=O) groups is 1. The van der Waals surface area contributed by atoms with Gasteiger partial charge in [0.05, 0.1) is 23.4 Å². The van der Waals surface area contributed by atoms with Gasteiger partial charge in [0.1, 0.15) is 5.75 Å². The van der Waals surface area contributed by atoms with Gasteiger partial charge >= 0.3 is 0 Å². The molecule has 0 radical (unpaired) electrons. The highest BCUT2D eigenvalue weighted by Crippen LogP contribution is 2.31. The largest absolute Gasteiger partial charge is 0.496 e. The summed E-state index contributed by atoms with van der Waals surface area (Å²) >= 11 is 8.01. The topological polar surface area (TPSA) is 55.6 Å². The number of amides is 1. The van der Waals surface area contributed by atoms with Gasteiger partial charge in [-0.05, 0) is 24.7 Å². The van der Waals surface area contributed by atoms with E-state index in [4.69, 9.17) is 22.1 Å². The van der Waals surface area contributed by atoms with Crippen LogP contribution in [0, 0.1) is 0 Å². The van der Waals surface area contributed by atoms with Gasteiger partial charge in [-0.3, -0.25) is 4.79 Å². The minimum absolute atomic E-state index is 0.0256. The molecule has 1 amide bonds. The van der Waals surface area contributed by atoms with E-state index in [-0.39, 0.29) is 5.91 Å². The Labute approximate surface area is 141 Å². The van der Waals surface area contributed by atoms with Crippen LogP contribution in [0.15, 0.2) is 12.1 Å². The van der Waals surface area contributed by atoms with E-state index in [9.17, 15) is 4.79 Å². The molecule has 0 spiro atoms. The van der Waals surface area contributed by atoms with E-state index in [0.29, 0.717) is 27.3 Å². The first-order valence-electron chi connectivity index (χ1n) is 7.60. The molecule has 2 N–H and O–H groups in total. The van der Waals surface area contributed by atoms with E-state index in [0.717, 1.165) is 25.3 Å². The maximum atomic E-state index is 12.9. The zero-order valence-electron chi connectivity index (χ0n) is 13.1. The van der Waals surface area contributed by atoms with Crippen molar-refractivity contribution in [2.75, 3.05) is 31.7 Å². The summed E-state index contributed by atoms with van der Waals surface area (Å²) < 4.78 is 5.31. The fourth-order valence-electron chi connectivity index (χ4n) is 2.73. The zero-order chi connectivity index (χ0) is 16.1. The summed E-state index contributed by atoms with van der Waals surface area (Å²) in [4.78, 5) is 14.8. The number of carbonyl (C=O) groups excluding carboxylic acids is 1. The summed E-state index contributed by atoms with van der Waals surface area (Å²) in [6, 6.07) is 3.23. The Hall–Kier alpha value is -1.07. The first-order valence-corrected chi connectivity index (χ1v) is 9.03. The number of nitrogens with zero attached hydrogens (tertiary/aromatic N) is 1. The van der Waals surface area contributed by atoms with Crippen LogP contribution in [0.1, 0.15) is 36.5 Å². The molecule has 0 aliphatic carbocycles. The van der Waals surface area contributed by atoms with Gasteiger partial charge in [-0.15, -0.1) is 0 Å². The smallest absolute Gasteiger partial charge is 0.257 e. The van der Waals surface area contributed by atoms with Gasteiger partial charge in [0.15, 0.2) is 0 Å². The van der Waals surface area contributed by atoms with Crippen molar-refractivity contribution in [2.45, 2.75) is 31.4 Å². The lowest BCUT2D eigenvalue weighted by Gasteiger charge is -2.25. The summed E-state index contributed by atoms with van der Waals surface area (Å²) in [6.45, 7) is 3.72. The van der Waals surface area contributed by atoms with Gasteiger partial charge in [0, 0.05) is 24.4 Å². The predicted octanol–water partition coefficient (Wildman–Crippen LogP) is 3.68. The number of benzene rings is 1. The van der Waals surface area contributed by atoms with Crippen molar-refractivity contribution in [1.82, 2.24) is 4.90 Å². The summed E-state index contributed by atoms with van der Waals surface area (Å²) in [5.41, 5.74) is 6.70. The maximum Gasteiger partial charge on any atom is 0.257 e. The molecular formula is C16H23ClN2O2S. The second kappa shape index (κ2) is 7.97. The minimum atomic E-state index is -0.0256. The van der Waals surface area contributed by atoms with E-state index >= 15 is 0 Å². The molecule has 1 aromatic rings. The van der Waals surface area contributed by atoms with E-state index in [1.165, 1.54) is 20.0 Å². The highest BCUT2D eigenvalue weighted by Gasteiger charge is 2.25. The molecule has 1 heterocycles. The number of halogens is 1. The van der Waals surface area contributed by atoms with Crippen LogP contribution in [0.4, 0.5) is 5.69 Å². The second-order valence-electron chi connectivity index (χ2n) is 5.40. The number of nitrogens with two attached hydrogens (primary N) is 1. The molecule has 4 nitrogen and oxygen atoms in total. The summed E-state index contributed by atoms with van der Waals surface area (Å²) in [6.07, 6.45) is 3.38. The molecule has 0 bridgehead atoms. The van der Waals surface area contributed by atoms with Gasteiger partial charge in [-0.1, -0.05) is 24.9 Å². The number of likely N-dealkylation sites (tertiary alicyclic amines) is 1. The van der Waals surface area contributed by atoms with Crippen LogP contribution < -0.4 is 10.5 Å². The van der Waals surface area contributed by atoms with Crippen LogP contribution in [-0.4, -0.2) is 42.0 Å². The molecule has 2 rings (SSSR count). The number of thioether (sulfide) groups is 1. The van der Waals surface area contributed by atoms with E-state index in [1.54, 1.807) is 12.1 Å². The summed E-state index contributed by atoms with van der Waals surface area (Å²) in [5.74, 6) is 1.53. The first kappa shape index (κ1) is 17.3. The third kappa shape index (κ3) is 4.02. The molecular weight excluding hydrogens is 320 g/mol. The van der Waals surface area contributed by atoms with Gasteiger partial charge in [-0.2, -0.15) is 11.8 Å². The maximum absolute atomic E-state index is 12.9. The molecule has 1 atom stereocenters. The van der Waals surface area contributed by atoms with Crippen LogP contribution in [0.25, 0.3) is 0 Å². The molecule has 122 valence electrons. The number of anilines is 1. The minimum Gasteiger partial charge on any atom is -0.496 e. The molecule has 0 saturated carbocycles. The lowest BCUT2D eigenvalue weighted by atomic mass is 10.1. The highest BCUT2D eigenvalue weighted by atomic mass is 35.5. The number of ether oxygens (including phenoxy) is 1. The molecule has 22 heavy (non-hydrogen) atoms. The van der Waals surface area contributed by atoms with E-state index in [1.807, 2.05) is 16.7 Å². The predicted molar refractivity (Wildman–Crippen MR) is 94.1 cm³/mol. The Bertz CT molecular complexity index is 539. The van der Waals surface area contributed by atoms with E-state index in [2.05, 4.69) is 6.92 Å². The molecule has 1 fully saturated rings. The molecule has 1 aromatic carbocycles. The zero-order valence-corrected chi connectivity index (χ0v) is 14.7. The lowest BCUT2D eigenvalue weighted by Crippen LogP contribution is -2.35. The summed E-state index contributed by atoms with van der Waals surface area (Å²) in [7, 11) is 1.54. The van der Waals surface area contributed by atoms with Gasteiger partial charge in [0.2, 0.25) is 0 Å². The number of nitrogen functional groups attached to an aromatic ring is 1. The van der Waals surface area contributed by atoms with Crippen LogP contribution in [0.5, 0.6) is 5.75 Å². The standard InChI is InChI=1S/C16H23ClN2O2S/c1-3-22-11-6-4-5-7-19(10-11)16(20)12-8-13(17)14(18)9-15(12)21-2/h8-9,11H,3-7,10,18H2,1-2H3. The van der Waals surface area contributed by atoms with Crippen molar-refractivity contribution in [2.24, 2.45) is 0 Å². The normalized spacial score (nSPS) is 18.9. The van der Waals surface area contributed by atoms with E-state index < -0.39 is 0 Å². The Morgan fingerprint density at radius 1 is 1.50 bits per heavy atom. The molecule has 0 aromatic heterocycles. The van der Waals surface area contributed by atoms with Crippen molar-refractivity contribution < 1.29 is 9.53 Å². The highest BCUT2D eigenvalue weighted by molar-refractivity contribution is 7.99. The Kier molecular flexibility index (Phi) is 6.26. The van der Waals surface area contributed by atoms with Crippen LogP contribution in [-0.2, 0) is 0 Å². The quantitative estimate of drug-likeness (QED) is 0.848. The number of rotatable bonds is 4. The Morgan fingerprint density at radius 3 is 2.95 bits per heavy atom. The number of hydrogen-bond donors (Lipinski definition) is 1. The molecule has 1 unspecified atom stereocenters. The van der Waals surface area contributed by atoms with Crippen molar-refractivity contribution in [1.29, 1.82) is 0 Å². The third-order valence-corrected chi connectivity index (χ3v) is 5.38. The fourth-order valence-corrected chi connectivity index (χ4v) is 3.99. The Morgan fingerprint density at radius 2 is 2.27 bits per heavy atom. The van der Waals surface area contributed by atoms with Crippen molar-refractivity contribution >= 4 is 35.0 Å². The number of hydrogen-bond acceptors (Lipinski definition) is 4. The summed E-state index contributed by atoms with van der Waals surface area (Å²) in [5, 5.41) is 0.894. The van der Waals surface area contributed by atoms with Crippen LogP contribution in [0.2, 0.25) is 5.02 Å². The van der Waals surface area contributed by atoms with Crippen molar-refractivity contribution in [3.8, 4) is 5.75 Å². The number of methoxy groups -OCH3 is 1. The SMILES string of the molecule is CCSC1CCCCN(C(=O)c2cc(Cl)c(N)cc2OC)C1. The second-order valence-corrected chi connectivity index (χ2v) is 7.38. The average molecular weight is 343 g/mol. The molecule has 1 aliphatic rings. The monoisotopic (exact) mass is 342 g/mol. The van der Waals surface area contributed by atoms with Crippen molar-refractivity contribution in [3.63, 3.8) is 0 Å².